The number of hydrogen-bond donors (Lipinski definition) is 4. The molecular formula is C39H49N7O3. The molecule has 4 N–H and O–H groups in total. The van der Waals surface area contributed by atoms with Crippen LogP contribution in [0.25, 0.3) is 11.1 Å². The zero-order valence-electron chi connectivity index (χ0n) is 29.2. The Morgan fingerprint density at radius 2 is 1.78 bits per heavy atom. The summed E-state index contributed by atoms with van der Waals surface area (Å²) in [5, 5.41) is 14.5. The average Bonchev–Trinajstić information content (AvgIpc) is 3.45. The second kappa shape index (κ2) is 13.1. The Bertz CT molecular complexity index is 1810. The molecule has 5 aliphatic rings. The Labute approximate surface area is 288 Å². The second-order valence-electron chi connectivity index (χ2n) is 15.4. The Kier molecular flexibility index (Phi) is 8.83. The molecule has 2 unspecified atom stereocenters. The van der Waals surface area contributed by atoms with E-state index in [0.717, 1.165) is 78.6 Å². The van der Waals surface area contributed by atoms with Crippen molar-refractivity contribution in [3.63, 3.8) is 0 Å². The van der Waals surface area contributed by atoms with Crippen LogP contribution in [-0.2, 0) is 11.3 Å². The lowest BCUT2D eigenvalue weighted by Crippen LogP contribution is -2.50. The number of nitrogens with one attached hydrogen (secondary N) is 4. The number of carbonyl (C=O) groups excluding carboxylic acids is 2. The largest absolute Gasteiger partial charge is 0.382 e. The van der Waals surface area contributed by atoms with Gasteiger partial charge in [0.05, 0.1) is 5.56 Å². The predicted molar refractivity (Wildman–Crippen MR) is 193 cm³/mol. The third-order valence-electron chi connectivity index (χ3n) is 11.6. The summed E-state index contributed by atoms with van der Waals surface area (Å²) in [6.07, 6.45) is 10.4. The van der Waals surface area contributed by atoms with Crippen molar-refractivity contribution in [1.82, 2.24) is 20.2 Å². The van der Waals surface area contributed by atoms with Gasteiger partial charge in [0.1, 0.15) is 5.82 Å². The summed E-state index contributed by atoms with van der Waals surface area (Å²) in [6.45, 7) is 10.7. The standard InChI is InChI=1S/C39H49N7O3/c1-23(2)43-34-16-29(15-31(32(34)20-40)37(48)42-22-33-24(3)11-25(4)44-38(33)49)28-5-6-35(41-21-28)45-7-9-46(10-8-45)36(47)19-39-17-26-12-27(18-39)14-30(39)13-26/h5-6,11,15-16,20-21,23,26-27,30,40,43H,7-10,12-14,17-19,22H2,1-4H3,(H,42,48)(H,44,49). The summed E-state index contributed by atoms with van der Waals surface area (Å²) >= 11 is 0. The van der Waals surface area contributed by atoms with E-state index in [1.807, 2.05) is 58.2 Å². The Hall–Kier alpha value is -4.47. The first-order valence-electron chi connectivity index (χ1n) is 17.9. The zero-order chi connectivity index (χ0) is 34.4. The summed E-state index contributed by atoms with van der Waals surface area (Å²) in [5.41, 5.74) is 5.31. The van der Waals surface area contributed by atoms with Crippen LogP contribution in [-0.4, -0.2) is 65.1 Å². The van der Waals surface area contributed by atoms with Crippen molar-refractivity contribution >= 4 is 29.5 Å². The third-order valence-corrected chi connectivity index (χ3v) is 11.6. The number of benzene rings is 1. The Morgan fingerprint density at radius 3 is 2.41 bits per heavy atom. The maximum atomic E-state index is 13.6. The quantitative estimate of drug-likeness (QED) is 0.207. The van der Waals surface area contributed by atoms with Crippen LogP contribution in [0.4, 0.5) is 11.5 Å². The van der Waals surface area contributed by atoms with Crippen LogP contribution in [0.5, 0.6) is 0 Å². The Morgan fingerprint density at radius 1 is 1.04 bits per heavy atom. The third kappa shape index (κ3) is 6.49. The van der Waals surface area contributed by atoms with Crippen molar-refractivity contribution in [1.29, 1.82) is 5.41 Å². The van der Waals surface area contributed by atoms with E-state index in [-0.39, 0.29) is 24.1 Å². The first kappa shape index (κ1) is 33.0. The van der Waals surface area contributed by atoms with Crippen LogP contribution in [0.3, 0.4) is 0 Å². The van der Waals surface area contributed by atoms with Gasteiger partial charge in [0, 0.05) is 85.7 Å². The second-order valence-corrected chi connectivity index (χ2v) is 15.4. The van der Waals surface area contributed by atoms with Crippen LogP contribution < -0.4 is 21.1 Å². The van der Waals surface area contributed by atoms with Gasteiger partial charge in [0.2, 0.25) is 5.91 Å². The molecule has 49 heavy (non-hydrogen) atoms. The molecule has 1 saturated heterocycles. The van der Waals surface area contributed by atoms with Crippen LogP contribution in [0.15, 0.2) is 41.3 Å². The molecule has 1 aliphatic heterocycles. The number of carbonyl (C=O) groups is 2. The lowest BCUT2D eigenvalue weighted by Gasteiger charge is -2.38. The summed E-state index contributed by atoms with van der Waals surface area (Å²) in [6, 6.07) is 9.72. The predicted octanol–water partition coefficient (Wildman–Crippen LogP) is 5.67. The fourth-order valence-electron chi connectivity index (χ4n) is 9.55. The van der Waals surface area contributed by atoms with Gasteiger partial charge in [-0.25, -0.2) is 4.98 Å². The van der Waals surface area contributed by atoms with Crippen LogP contribution in [0, 0.1) is 42.4 Å². The highest BCUT2D eigenvalue weighted by Gasteiger charge is 2.58. The summed E-state index contributed by atoms with van der Waals surface area (Å²) in [5.74, 6) is 3.36. The number of aryl methyl sites for hydroxylation is 2. The zero-order valence-corrected chi connectivity index (χ0v) is 29.2. The number of nitrogens with zero attached hydrogens (tertiary/aromatic N) is 3. The van der Waals surface area contributed by atoms with E-state index in [4.69, 9.17) is 10.4 Å². The molecule has 2 atom stereocenters. The van der Waals surface area contributed by atoms with E-state index in [1.165, 1.54) is 38.3 Å². The Balaban J connectivity index is 1.04. The van der Waals surface area contributed by atoms with Gasteiger partial charge >= 0.3 is 0 Å². The lowest BCUT2D eigenvalue weighted by molar-refractivity contribution is -0.134. The van der Waals surface area contributed by atoms with Crippen LogP contribution in [0.1, 0.15) is 85.1 Å². The van der Waals surface area contributed by atoms with Gasteiger partial charge in [0.15, 0.2) is 0 Å². The molecule has 4 saturated carbocycles. The van der Waals surface area contributed by atoms with Gasteiger partial charge in [-0.1, -0.05) is 0 Å². The van der Waals surface area contributed by atoms with Crippen molar-refractivity contribution in [2.45, 2.75) is 78.8 Å². The molecule has 2 amide bonds. The number of aromatic amines is 1. The number of H-pyrrole nitrogens is 1. The van der Waals surface area contributed by atoms with Gasteiger partial charge in [-0.2, -0.15) is 0 Å². The number of piperazine rings is 1. The molecule has 0 spiro atoms. The SMILES string of the molecule is Cc1cc(C)c(CNC(=O)c2cc(-c3ccc(N4CCN(C(=O)CC56CC7CC(CC5C7)C6)CC4)nc3)cc(NC(C)C)c2C=N)c(=O)[nH]1. The molecule has 2 aromatic heterocycles. The fourth-order valence-corrected chi connectivity index (χ4v) is 9.55. The van der Waals surface area contributed by atoms with Crippen molar-refractivity contribution in [3.05, 3.63) is 74.8 Å². The summed E-state index contributed by atoms with van der Waals surface area (Å²) < 4.78 is 0. The maximum Gasteiger partial charge on any atom is 0.253 e. The molecule has 3 aromatic rings. The monoisotopic (exact) mass is 663 g/mol. The molecule has 5 fully saturated rings. The van der Waals surface area contributed by atoms with Gasteiger partial charge in [-0.15, -0.1) is 0 Å². The molecule has 10 nitrogen and oxygen atoms in total. The van der Waals surface area contributed by atoms with Crippen molar-refractivity contribution < 1.29 is 9.59 Å². The van der Waals surface area contributed by atoms with Crippen LogP contribution >= 0.6 is 0 Å². The van der Waals surface area contributed by atoms with E-state index in [9.17, 15) is 14.4 Å². The summed E-state index contributed by atoms with van der Waals surface area (Å²) in [7, 11) is 0. The minimum absolute atomic E-state index is 0.0757. The van der Waals surface area contributed by atoms with E-state index in [1.54, 1.807) is 6.07 Å². The highest BCUT2D eigenvalue weighted by atomic mass is 16.2. The van der Waals surface area contributed by atoms with Crippen molar-refractivity contribution in [3.8, 4) is 11.1 Å². The molecule has 4 bridgehead atoms. The highest BCUT2D eigenvalue weighted by molar-refractivity contribution is 6.06. The van der Waals surface area contributed by atoms with Gasteiger partial charge in [-0.3, -0.25) is 14.4 Å². The number of anilines is 2. The molecule has 0 radical (unpaired) electrons. The number of pyridine rings is 2. The number of rotatable bonds is 10. The number of aromatic nitrogens is 2. The number of hydrogen-bond acceptors (Lipinski definition) is 7. The molecular weight excluding hydrogens is 614 g/mol. The van der Waals surface area contributed by atoms with Gasteiger partial charge in [0.25, 0.3) is 11.5 Å². The molecule has 1 aromatic carbocycles. The van der Waals surface area contributed by atoms with Gasteiger partial charge in [-0.05, 0) is 124 Å². The van der Waals surface area contributed by atoms with E-state index in [0.29, 0.717) is 33.7 Å². The smallest absolute Gasteiger partial charge is 0.253 e. The maximum absolute atomic E-state index is 13.6. The minimum atomic E-state index is -0.365. The van der Waals surface area contributed by atoms with E-state index in [2.05, 4.69) is 25.4 Å². The van der Waals surface area contributed by atoms with E-state index < -0.39 is 0 Å². The average molecular weight is 664 g/mol. The van der Waals surface area contributed by atoms with Crippen molar-refractivity contribution in [2.75, 3.05) is 36.4 Å². The fraction of sp³-hybridized carbons (Fsp3) is 0.513. The van der Waals surface area contributed by atoms with Crippen molar-refractivity contribution in [2.24, 2.45) is 23.2 Å². The summed E-state index contributed by atoms with van der Waals surface area (Å²) in [4.78, 5) is 51.6. The normalized spacial score (nSPS) is 24.1. The molecule has 258 valence electrons. The van der Waals surface area contributed by atoms with Crippen LogP contribution in [0.2, 0.25) is 0 Å². The molecule has 3 heterocycles. The van der Waals surface area contributed by atoms with Gasteiger partial charge < -0.3 is 30.8 Å². The number of amides is 2. The molecule has 10 heteroatoms. The molecule has 8 rings (SSSR count). The first-order valence-corrected chi connectivity index (χ1v) is 17.9. The highest BCUT2D eigenvalue weighted by Crippen LogP contribution is 2.66. The topological polar surface area (TPSA) is 134 Å². The minimum Gasteiger partial charge on any atom is -0.382 e. The first-order chi connectivity index (χ1) is 23.5. The molecule has 4 aliphatic carbocycles. The lowest BCUT2D eigenvalue weighted by atomic mass is 9.73. The van der Waals surface area contributed by atoms with E-state index >= 15 is 0 Å².